The lowest BCUT2D eigenvalue weighted by molar-refractivity contribution is 0.0696. The van der Waals surface area contributed by atoms with Crippen molar-refractivity contribution in [2.75, 3.05) is 5.75 Å². The maximum Gasteiger partial charge on any atom is 0.335 e. The highest BCUT2D eigenvalue weighted by Crippen LogP contribution is 2.32. The summed E-state index contributed by atoms with van der Waals surface area (Å²) >= 11 is 1.78. The minimum Gasteiger partial charge on any atom is -0.478 e. The second-order valence-electron chi connectivity index (χ2n) is 4.39. The lowest BCUT2D eigenvalue weighted by Crippen LogP contribution is -2.13. The number of rotatable bonds is 4. The van der Waals surface area contributed by atoms with E-state index in [9.17, 15) is 4.79 Å². The van der Waals surface area contributed by atoms with Gasteiger partial charge in [0.05, 0.1) is 5.56 Å². The van der Waals surface area contributed by atoms with E-state index >= 15 is 0 Å². The van der Waals surface area contributed by atoms with Gasteiger partial charge in [-0.1, -0.05) is 12.5 Å². The fraction of sp³-hybridized carbons (Fsp3) is 0.462. The van der Waals surface area contributed by atoms with Crippen molar-refractivity contribution >= 4 is 17.7 Å². The summed E-state index contributed by atoms with van der Waals surface area (Å²) in [5, 5.41) is 9.02. The van der Waals surface area contributed by atoms with Gasteiger partial charge in [0.2, 0.25) is 0 Å². The zero-order chi connectivity index (χ0) is 11.5. The third-order valence-corrected chi connectivity index (χ3v) is 4.38. The van der Waals surface area contributed by atoms with E-state index in [2.05, 4.69) is 0 Å². The van der Waals surface area contributed by atoms with Crippen molar-refractivity contribution in [2.45, 2.75) is 31.1 Å². The fourth-order valence-electron chi connectivity index (χ4n) is 1.79. The Balaban J connectivity index is 2.03. The first-order valence-corrected chi connectivity index (χ1v) is 6.62. The summed E-state index contributed by atoms with van der Waals surface area (Å²) in [6.07, 6.45) is 4.04. The summed E-state index contributed by atoms with van der Waals surface area (Å²) in [4.78, 5) is 12.0. The van der Waals surface area contributed by atoms with Crippen molar-refractivity contribution in [1.29, 1.82) is 0 Å². The standard InChI is InChI=1S/C13H16O2S/c1-9-5-6-11(7-12(9)13(14)15)16-8-10-3-2-4-10/h5-7,10H,2-4,8H2,1H3,(H,14,15). The highest BCUT2D eigenvalue weighted by atomic mass is 32.2. The monoisotopic (exact) mass is 236 g/mol. The molecule has 0 amide bonds. The van der Waals surface area contributed by atoms with E-state index in [4.69, 9.17) is 5.11 Å². The van der Waals surface area contributed by atoms with Gasteiger partial charge in [0.1, 0.15) is 0 Å². The lowest BCUT2D eigenvalue weighted by atomic mass is 9.87. The van der Waals surface area contributed by atoms with Gasteiger partial charge < -0.3 is 5.11 Å². The van der Waals surface area contributed by atoms with E-state index in [1.165, 1.54) is 19.3 Å². The minimum atomic E-state index is -0.830. The molecule has 0 aliphatic heterocycles. The molecule has 1 fully saturated rings. The van der Waals surface area contributed by atoms with Crippen molar-refractivity contribution in [1.82, 2.24) is 0 Å². The first-order chi connectivity index (χ1) is 7.66. The van der Waals surface area contributed by atoms with E-state index in [-0.39, 0.29) is 0 Å². The second-order valence-corrected chi connectivity index (χ2v) is 5.48. The molecule has 2 rings (SSSR count). The molecule has 86 valence electrons. The van der Waals surface area contributed by atoms with Crippen LogP contribution in [-0.4, -0.2) is 16.8 Å². The largest absolute Gasteiger partial charge is 0.478 e. The Hall–Kier alpha value is -0.960. The zero-order valence-electron chi connectivity index (χ0n) is 9.40. The van der Waals surface area contributed by atoms with Crippen LogP contribution in [0.15, 0.2) is 23.1 Å². The van der Waals surface area contributed by atoms with Crippen LogP contribution >= 0.6 is 11.8 Å². The molecule has 1 aliphatic rings. The first kappa shape index (κ1) is 11.5. The van der Waals surface area contributed by atoms with Crippen molar-refractivity contribution in [3.8, 4) is 0 Å². The van der Waals surface area contributed by atoms with Crippen LogP contribution in [0.25, 0.3) is 0 Å². The van der Waals surface area contributed by atoms with E-state index in [1.807, 2.05) is 19.1 Å². The molecule has 3 heteroatoms. The Kier molecular flexibility index (Phi) is 3.54. The van der Waals surface area contributed by atoms with Gasteiger partial charge in [-0.2, -0.15) is 0 Å². The van der Waals surface area contributed by atoms with Gasteiger partial charge in [-0.05, 0) is 43.4 Å². The van der Waals surface area contributed by atoms with Gasteiger partial charge >= 0.3 is 5.97 Å². The Morgan fingerprint density at radius 2 is 2.25 bits per heavy atom. The van der Waals surface area contributed by atoms with Gasteiger partial charge in [0.25, 0.3) is 0 Å². The molecule has 0 heterocycles. The average Bonchev–Trinajstić information content (AvgIpc) is 2.17. The number of carboxylic acids is 1. The Bertz CT molecular complexity index is 397. The molecule has 0 atom stereocenters. The number of thioether (sulfide) groups is 1. The normalized spacial score (nSPS) is 15.8. The van der Waals surface area contributed by atoms with E-state index < -0.39 is 5.97 Å². The lowest BCUT2D eigenvalue weighted by Gasteiger charge is -2.24. The van der Waals surface area contributed by atoms with Crippen LogP contribution < -0.4 is 0 Å². The van der Waals surface area contributed by atoms with Crippen LogP contribution in [0.3, 0.4) is 0 Å². The molecule has 1 saturated carbocycles. The molecule has 0 aromatic heterocycles. The smallest absolute Gasteiger partial charge is 0.335 e. The quantitative estimate of drug-likeness (QED) is 0.812. The Morgan fingerprint density at radius 1 is 1.50 bits per heavy atom. The number of hydrogen-bond donors (Lipinski definition) is 1. The van der Waals surface area contributed by atoms with E-state index in [1.54, 1.807) is 17.8 Å². The number of carbonyl (C=O) groups is 1. The van der Waals surface area contributed by atoms with Crippen molar-refractivity contribution < 1.29 is 9.90 Å². The Labute approximate surface area is 100 Å². The molecule has 0 unspecified atom stereocenters. The van der Waals surface area contributed by atoms with Crippen LogP contribution in [-0.2, 0) is 0 Å². The second kappa shape index (κ2) is 4.91. The highest BCUT2D eigenvalue weighted by Gasteiger charge is 2.17. The van der Waals surface area contributed by atoms with Crippen molar-refractivity contribution in [2.24, 2.45) is 5.92 Å². The van der Waals surface area contributed by atoms with Crippen LogP contribution in [0.2, 0.25) is 0 Å². The minimum absolute atomic E-state index is 0.429. The van der Waals surface area contributed by atoms with E-state index in [0.29, 0.717) is 5.56 Å². The zero-order valence-corrected chi connectivity index (χ0v) is 10.2. The molecule has 1 aliphatic carbocycles. The third-order valence-electron chi connectivity index (χ3n) is 3.15. The molecule has 2 nitrogen and oxygen atoms in total. The average molecular weight is 236 g/mol. The predicted octanol–water partition coefficient (Wildman–Crippen LogP) is 3.59. The topological polar surface area (TPSA) is 37.3 Å². The van der Waals surface area contributed by atoms with Gasteiger partial charge in [-0.15, -0.1) is 11.8 Å². The van der Waals surface area contributed by atoms with Crippen molar-refractivity contribution in [3.05, 3.63) is 29.3 Å². The van der Waals surface area contributed by atoms with E-state index in [0.717, 1.165) is 22.1 Å². The maximum absolute atomic E-state index is 11.0. The molecular weight excluding hydrogens is 220 g/mol. The molecule has 0 saturated heterocycles. The summed E-state index contributed by atoms with van der Waals surface area (Å²) in [5.41, 5.74) is 1.26. The van der Waals surface area contributed by atoms with Crippen LogP contribution in [0.5, 0.6) is 0 Å². The van der Waals surface area contributed by atoms with Gasteiger partial charge in [0, 0.05) is 10.6 Å². The molecular formula is C13H16O2S. The number of aromatic carboxylic acids is 1. The van der Waals surface area contributed by atoms with Crippen molar-refractivity contribution in [3.63, 3.8) is 0 Å². The highest BCUT2D eigenvalue weighted by molar-refractivity contribution is 7.99. The number of carboxylic acid groups (broad SMARTS) is 1. The molecule has 1 aromatic carbocycles. The number of aryl methyl sites for hydroxylation is 1. The number of benzene rings is 1. The molecule has 0 radical (unpaired) electrons. The van der Waals surface area contributed by atoms with Crippen LogP contribution in [0.4, 0.5) is 0 Å². The predicted molar refractivity (Wildman–Crippen MR) is 66.2 cm³/mol. The molecule has 0 spiro atoms. The van der Waals surface area contributed by atoms with Gasteiger partial charge in [0.15, 0.2) is 0 Å². The van der Waals surface area contributed by atoms with Gasteiger partial charge in [-0.25, -0.2) is 4.79 Å². The maximum atomic E-state index is 11.0. The van der Waals surface area contributed by atoms with Crippen LogP contribution in [0.1, 0.15) is 35.2 Å². The van der Waals surface area contributed by atoms with Crippen LogP contribution in [0, 0.1) is 12.8 Å². The first-order valence-electron chi connectivity index (χ1n) is 5.63. The SMILES string of the molecule is Cc1ccc(SCC2CCC2)cc1C(=O)O. The fourth-order valence-corrected chi connectivity index (χ4v) is 2.92. The summed E-state index contributed by atoms with van der Waals surface area (Å²) in [5.74, 6) is 1.14. The summed E-state index contributed by atoms with van der Waals surface area (Å²) in [7, 11) is 0. The molecule has 1 N–H and O–H groups in total. The van der Waals surface area contributed by atoms with Gasteiger partial charge in [-0.3, -0.25) is 0 Å². The molecule has 16 heavy (non-hydrogen) atoms. The molecule has 0 bridgehead atoms. The summed E-state index contributed by atoms with van der Waals surface area (Å²) < 4.78 is 0. The summed E-state index contributed by atoms with van der Waals surface area (Å²) in [6, 6.07) is 5.71. The summed E-state index contributed by atoms with van der Waals surface area (Å²) in [6.45, 7) is 1.84. The number of hydrogen-bond acceptors (Lipinski definition) is 2. The molecule has 1 aromatic rings. The Morgan fingerprint density at radius 3 is 2.81 bits per heavy atom. The third kappa shape index (κ3) is 2.59.